The number of ether oxygens (including phenoxy) is 1. The highest BCUT2D eigenvalue weighted by atomic mass is 35.5. The molecule has 0 radical (unpaired) electrons. The molecule has 0 unspecified atom stereocenters. The van der Waals surface area contributed by atoms with E-state index < -0.39 is 11.6 Å². The van der Waals surface area contributed by atoms with Gasteiger partial charge < -0.3 is 4.74 Å². The fraction of sp³-hybridized carbons (Fsp3) is 0.455. The molecule has 0 saturated carbocycles. The number of hydrogen-bond acceptors (Lipinski definition) is 3. The molecule has 0 aliphatic carbocycles. The summed E-state index contributed by atoms with van der Waals surface area (Å²) in [6.45, 7) is 5.45. The van der Waals surface area contributed by atoms with E-state index in [1.807, 2.05) is 20.8 Å². The highest BCUT2D eigenvalue weighted by molar-refractivity contribution is 6.16. The summed E-state index contributed by atoms with van der Waals surface area (Å²) in [4.78, 5) is 15.7. The van der Waals surface area contributed by atoms with Crippen LogP contribution in [0.5, 0.6) is 0 Å². The maximum atomic E-state index is 11.6. The lowest BCUT2D eigenvalue weighted by atomic mass is 10.2. The molecule has 1 aromatic rings. The second-order valence-corrected chi connectivity index (χ2v) is 4.42. The Morgan fingerprint density at radius 2 is 2.13 bits per heavy atom. The third kappa shape index (κ3) is 3.88. The molecular formula is C11H14ClNO2. The fourth-order valence-electron chi connectivity index (χ4n) is 0.998. The van der Waals surface area contributed by atoms with Crippen LogP contribution in [0.4, 0.5) is 0 Å². The molecule has 0 N–H and O–H groups in total. The van der Waals surface area contributed by atoms with E-state index in [2.05, 4.69) is 4.98 Å². The number of halogens is 1. The lowest BCUT2D eigenvalue weighted by Crippen LogP contribution is -2.24. The van der Waals surface area contributed by atoms with Crippen LogP contribution in [0, 0.1) is 0 Å². The van der Waals surface area contributed by atoms with Crippen LogP contribution in [0.1, 0.15) is 37.0 Å². The topological polar surface area (TPSA) is 39.2 Å². The van der Waals surface area contributed by atoms with Crippen molar-refractivity contribution in [1.82, 2.24) is 4.98 Å². The van der Waals surface area contributed by atoms with E-state index in [0.717, 1.165) is 0 Å². The van der Waals surface area contributed by atoms with Crippen LogP contribution >= 0.6 is 11.6 Å². The third-order valence-electron chi connectivity index (χ3n) is 1.55. The van der Waals surface area contributed by atoms with E-state index >= 15 is 0 Å². The van der Waals surface area contributed by atoms with Crippen molar-refractivity contribution < 1.29 is 9.53 Å². The second-order valence-electron chi connectivity index (χ2n) is 4.15. The van der Waals surface area contributed by atoms with E-state index in [1.165, 1.54) is 0 Å². The van der Waals surface area contributed by atoms with Crippen LogP contribution in [-0.2, 0) is 10.6 Å². The first-order valence-corrected chi connectivity index (χ1v) is 5.21. The Kier molecular flexibility index (Phi) is 3.69. The van der Waals surface area contributed by atoms with Gasteiger partial charge >= 0.3 is 5.97 Å². The van der Waals surface area contributed by atoms with Crippen LogP contribution in [0.25, 0.3) is 0 Å². The Labute approximate surface area is 94.4 Å². The Hall–Kier alpha value is -1.09. The van der Waals surface area contributed by atoms with Gasteiger partial charge in [-0.05, 0) is 32.9 Å². The zero-order valence-corrected chi connectivity index (χ0v) is 9.84. The number of pyridine rings is 1. The maximum Gasteiger partial charge on any atom is 0.357 e. The highest BCUT2D eigenvalue weighted by Crippen LogP contribution is 2.11. The van der Waals surface area contributed by atoms with Crippen molar-refractivity contribution in [2.24, 2.45) is 0 Å². The van der Waals surface area contributed by atoms with Crippen molar-refractivity contribution in [1.29, 1.82) is 0 Å². The first kappa shape index (κ1) is 12.0. The van der Waals surface area contributed by atoms with Gasteiger partial charge in [-0.25, -0.2) is 9.78 Å². The Balaban J connectivity index is 2.82. The summed E-state index contributed by atoms with van der Waals surface area (Å²) >= 11 is 5.62. The average Bonchev–Trinajstić information content (AvgIpc) is 2.15. The van der Waals surface area contributed by atoms with Crippen molar-refractivity contribution in [3.63, 3.8) is 0 Å². The summed E-state index contributed by atoms with van der Waals surface area (Å²) in [5, 5.41) is 0. The van der Waals surface area contributed by atoms with Gasteiger partial charge in [0.2, 0.25) is 0 Å². The maximum absolute atomic E-state index is 11.6. The van der Waals surface area contributed by atoms with Gasteiger partial charge in [-0.2, -0.15) is 0 Å². The van der Waals surface area contributed by atoms with E-state index in [1.54, 1.807) is 18.2 Å². The summed E-state index contributed by atoms with van der Waals surface area (Å²) in [7, 11) is 0. The Morgan fingerprint density at radius 1 is 1.47 bits per heavy atom. The van der Waals surface area contributed by atoms with Gasteiger partial charge in [0.1, 0.15) is 11.3 Å². The molecular weight excluding hydrogens is 214 g/mol. The molecule has 1 rings (SSSR count). The van der Waals surface area contributed by atoms with Crippen molar-refractivity contribution in [2.45, 2.75) is 32.3 Å². The first-order valence-electron chi connectivity index (χ1n) is 4.67. The van der Waals surface area contributed by atoms with Crippen LogP contribution in [0.15, 0.2) is 18.2 Å². The molecule has 4 heteroatoms. The number of rotatable bonds is 2. The monoisotopic (exact) mass is 227 g/mol. The van der Waals surface area contributed by atoms with Gasteiger partial charge in [-0.1, -0.05) is 6.07 Å². The van der Waals surface area contributed by atoms with Crippen molar-refractivity contribution >= 4 is 17.6 Å². The van der Waals surface area contributed by atoms with Crippen LogP contribution in [-0.4, -0.2) is 16.6 Å². The van der Waals surface area contributed by atoms with Gasteiger partial charge in [0.05, 0.1) is 11.6 Å². The fourth-order valence-corrected chi connectivity index (χ4v) is 1.15. The highest BCUT2D eigenvalue weighted by Gasteiger charge is 2.18. The molecule has 0 spiro atoms. The molecule has 0 aliphatic heterocycles. The summed E-state index contributed by atoms with van der Waals surface area (Å²) in [5.74, 6) is -0.133. The van der Waals surface area contributed by atoms with E-state index in [9.17, 15) is 4.79 Å². The molecule has 1 heterocycles. The minimum Gasteiger partial charge on any atom is -0.455 e. The number of hydrogen-bond donors (Lipinski definition) is 0. The molecule has 82 valence electrons. The molecule has 0 amide bonds. The molecule has 1 aromatic heterocycles. The molecule has 0 aromatic carbocycles. The number of alkyl halides is 1. The zero-order chi connectivity index (χ0) is 11.5. The molecule has 3 nitrogen and oxygen atoms in total. The summed E-state index contributed by atoms with van der Waals surface area (Å²) < 4.78 is 5.18. The van der Waals surface area contributed by atoms with Crippen molar-refractivity contribution in [3.8, 4) is 0 Å². The van der Waals surface area contributed by atoms with Crippen LogP contribution in [0.3, 0.4) is 0 Å². The van der Waals surface area contributed by atoms with Crippen molar-refractivity contribution in [2.75, 3.05) is 0 Å². The van der Waals surface area contributed by atoms with E-state index in [4.69, 9.17) is 16.3 Å². The Morgan fingerprint density at radius 3 is 2.67 bits per heavy atom. The molecule has 15 heavy (non-hydrogen) atoms. The normalized spacial score (nSPS) is 11.2. The van der Waals surface area contributed by atoms with Gasteiger partial charge in [-0.15, -0.1) is 11.6 Å². The number of aromatic nitrogens is 1. The Bertz CT molecular complexity index is 358. The third-order valence-corrected chi connectivity index (χ3v) is 1.83. The van der Waals surface area contributed by atoms with Crippen molar-refractivity contribution in [3.05, 3.63) is 29.6 Å². The van der Waals surface area contributed by atoms with E-state index in [-0.39, 0.29) is 5.88 Å². The molecule has 0 fully saturated rings. The van der Waals surface area contributed by atoms with Crippen LogP contribution < -0.4 is 0 Å². The predicted molar refractivity (Wildman–Crippen MR) is 59.0 cm³/mol. The van der Waals surface area contributed by atoms with Crippen LogP contribution in [0.2, 0.25) is 0 Å². The molecule has 0 bridgehead atoms. The smallest absolute Gasteiger partial charge is 0.357 e. The second kappa shape index (κ2) is 4.62. The predicted octanol–water partition coefficient (Wildman–Crippen LogP) is 2.78. The summed E-state index contributed by atoms with van der Waals surface area (Å²) in [6.07, 6.45) is 0. The molecule has 0 saturated heterocycles. The molecule has 0 aliphatic rings. The standard InChI is InChI=1S/C11H14ClNO2/c1-11(2,3)15-10(14)9-6-4-5-8(7-12)13-9/h4-6H,7H2,1-3H3. The zero-order valence-electron chi connectivity index (χ0n) is 9.08. The lowest BCUT2D eigenvalue weighted by Gasteiger charge is -2.19. The first-order chi connectivity index (χ1) is 6.92. The number of carbonyl (C=O) groups is 1. The lowest BCUT2D eigenvalue weighted by molar-refractivity contribution is 0.00626. The minimum absolute atomic E-state index is 0.288. The van der Waals surface area contributed by atoms with Gasteiger partial charge in [0.25, 0.3) is 0 Å². The number of esters is 1. The van der Waals surface area contributed by atoms with E-state index in [0.29, 0.717) is 11.4 Å². The summed E-state index contributed by atoms with van der Waals surface area (Å²) in [6, 6.07) is 5.12. The number of carbonyl (C=O) groups excluding carboxylic acids is 1. The van der Waals surface area contributed by atoms with Gasteiger partial charge in [0, 0.05) is 0 Å². The minimum atomic E-state index is -0.504. The quantitative estimate of drug-likeness (QED) is 0.576. The van der Waals surface area contributed by atoms with Gasteiger partial charge in [-0.3, -0.25) is 0 Å². The number of nitrogens with zero attached hydrogens (tertiary/aromatic N) is 1. The van der Waals surface area contributed by atoms with Gasteiger partial charge in [0.15, 0.2) is 0 Å². The largest absolute Gasteiger partial charge is 0.455 e. The molecule has 0 atom stereocenters. The SMILES string of the molecule is CC(C)(C)OC(=O)c1cccc(CCl)n1. The average molecular weight is 228 g/mol. The summed E-state index contributed by atoms with van der Waals surface area (Å²) in [5.41, 5.74) is 0.457.